The molecule has 0 spiro atoms. The van der Waals surface area contributed by atoms with E-state index in [-0.39, 0.29) is 4.90 Å². The summed E-state index contributed by atoms with van der Waals surface area (Å²) >= 11 is 5.90. The maximum absolute atomic E-state index is 13.2. The lowest BCUT2D eigenvalue weighted by Crippen LogP contribution is -2.03. The number of nitriles is 1. The molecule has 3 aromatic carbocycles. The number of aromatic nitrogens is 2. The maximum Gasteiger partial charge on any atom is 0.216 e. The molecule has 0 fully saturated rings. The van der Waals surface area contributed by atoms with Gasteiger partial charge in [0.1, 0.15) is 22.4 Å². The van der Waals surface area contributed by atoms with E-state index in [2.05, 4.69) is 0 Å². The van der Waals surface area contributed by atoms with E-state index in [0.717, 1.165) is 23.4 Å². The van der Waals surface area contributed by atoms with Gasteiger partial charge in [0.05, 0.1) is 17.2 Å². The molecule has 0 amide bonds. The predicted molar refractivity (Wildman–Crippen MR) is 137 cm³/mol. The highest BCUT2D eigenvalue weighted by Gasteiger charge is 2.22. The van der Waals surface area contributed by atoms with Crippen LogP contribution in [-0.2, 0) is 9.84 Å². The van der Waals surface area contributed by atoms with E-state index in [1.54, 1.807) is 10.9 Å². The largest absolute Gasteiger partial charge is 0.494 e. The third-order valence-electron chi connectivity index (χ3n) is 5.17. The fourth-order valence-corrected chi connectivity index (χ4v) is 4.69. The van der Waals surface area contributed by atoms with Crippen molar-refractivity contribution in [3.63, 3.8) is 0 Å². The topological polar surface area (TPSA) is 85.0 Å². The highest BCUT2D eigenvalue weighted by molar-refractivity contribution is 7.95. The molecule has 0 N–H and O–H groups in total. The van der Waals surface area contributed by atoms with E-state index in [4.69, 9.17) is 21.4 Å². The number of sulfone groups is 1. The molecule has 0 saturated carbocycles. The van der Waals surface area contributed by atoms with Gasteiger partial charge in [-0.1, -0.05) is 36.7 Å². The molecule has 176 valence electrons. The van der Waals surface area contributed by atoms with Crippen LogP contribution in [0.5, 0.6) is 5.75 Å². The first-order chi connectivity index (χ1) is 16.9. The van der Waals surface area contributed by atoms with Gasteiger partial charge >= 0.3 is 0 Å². The van der Waals surface area contributed by atoms with E-state index in [9.17, 15) is 13.7 Å². The van der Waals surface area contributed by atoms with Crippen LogP contribution in [0.25, 0.3) is 23.0 Å². The number of rotatable bonds is 8. The molecule has 0 aliphatic carbocycles. The SMILES string of the molecule is CCCOc1ccc(-c2nn(-c3ccccc3)cc2/C=C(\C#N)S(=O)(=O)c2ccc(Cl)cc2)cc1. The smallest absolute Gasteiger partial charge is 0.216 e. The van der Waals surface area contributed by atoms with E-state index < -0.39 is 14.7 Å². The normalized spacial score (nSPS) is 11.7. The van der Waals surface area contributed by atoms with E-state index in [1.165, 1.54) is 30.3 Å². The number of hydrogen-bond acceptors (Lipinski definition) is 5. The van der Waals surface area contributed by atoms with Gasteiger partial charge in [-0.05, 0) is 73.2 Å². The molecule has 0 aliphatic rings. The molecule has 6 nitrogen and oxygen atoms in total. The second kappa shape index (κ2) is 10.6. The minimum atomic E-state index is -4.05. The van der Waals surface area contributed by atoms with Crippen molar-refractivity contribution in [1.82, 2.24) is 9.78 Å². The van der Waals surface area contributed by atoms with Gasteiger partial charge < -0.3 is 4.74 Å². The Morgan fingerprint density at radius 2 is 1.74 bits per heavy atom. The molecule has 8 heteroatoms. The summed E-state index contributed by atoms with van der Waals surface area (Å²) in [7, 11) is -4.05. The lowest BCUT2D eigenvalue weighted by atomic mass is 10.1. The Hall–Kier alpha value is -3.86. The minimum Gasteiger partial charge on any atom is -0.494 e. The Morgan fingerprint density at radius 3 is 2.37 bits per heavy atom. The van der Waals surface area contributed by atoms with Crippen LogP contribution in [0.1, 0.15) is 18.9 Å². The molecular formula is C27H22ClN3O3S. The summed E-state index contributed by atoms with van der Waals surface area (Å²) in [5, 5.41) is 14.9. The van der Waals surface area contributed by atoms with E-state index in [1.807, 2.05) is 67.6 Å². The molecule has 4 aromatic rings. The third-order valence-corrected chi connectivity index (χ3v) is 7.11. The zero-order valence-corrected chi connectivity index (χ0v) is 20.5. The Bertz CT molecular complexity index is 1490. The third kappa shape index (κ3) is 5.46. The number of halogens is 1. The van der Waals surface area contributed by atoms with E-state index in [0.29, 0.717) is 22.9 Å². The van der Waals surface area contributed by atoms with E-state index >= 15 is 0 Å². The molecule has 0 radical (unpaired) electrons. The number of hydrogen-bond donors (Lipinski definition) is 0. The van der Waals surface area contributed by atoms with Gasteiger partial charge in [0.25, 0.3) is 0 Å². The summed E-state index contributed by atoms with van der Waals surface area (Å²) in [6.07, 6.45) is 3.96. The Kier molecular flexibility index (Phi) is 7.35. The van der Waals surface area contributed by atoms with Crippen molar-refractivity contribution in [2.75, 3.05) is 6.61 Å². The molecule has 0 atom stereocenters. The van der Waals surface area contributed by atoms with Crippen LogP contribution in [-0.4, -0.2) is 24.8 Å². The summed E-state index contributed by atoms with van der Waals surface area (Å²) in [5.41, 5.74) is 2.59. The van der Waals surface area contributed by atoms with Gasteiger partial charge in [-0.25, -0.2) is 13.1 Å². The Morgan fingerprint density at radius 1 is 1.06 bits per heavy atom. The molecule has 0 bridgehead atoms. The van der Waals surface area contributed by atoms with Crippen molar-refractivity contribution in [2.45, 2.75) is 18.2 Å². The summed E-state index contributed by atoms with van der Waals surface area (Å²) in [4.78, 5) is -0.402. The summed E-state index contributed by atoms with van der Waals surface area (Å²) < 4.78 is 33.7. The average molecular weight is 504 g/mol. The molecule has 0 saturated heterocycles. The Balaban J connectivity index is 1.82. The lowest BCUT2D eigenvalue weighted by Gasteiger charge is -2.06. The van der Waals surface area contributed by atoms with Crippen LogP contribution in [0.2, 0.25) is 5.02 Å². The molecule has 4 rings (SSSR count). The van der Waals surface area contributed by atoms with Gasteiger partial charge in [-0.3, -0.25) is 0 Å². The van der Waals surface area contributed by atoms with Gasteiger partial charge in [0.2, 0.25) is 9.84 Å². The van der Waals surface area contributed by atoms with Crippen LogP contribution in [0.3, 0.4) is 0 Å². The van der Waals surface area contributed by atoms with Crippen molar-refractivity contribution in [3.8, 4) is 28.8 Å². The van der Waals surface area contributed by atoms with Gasteiger partial charge in [-0.15, -0.1) is 0 Å². The number of para-hydroxylation sites is 1. The van der Waals surface area contributed by atoms with Crippen LogP contribution in [0.15, 0.2) is 94.9 Å². The summed E-state index contributed by atoms with van der Waals surface area (Å²) in [6.45, 7) is 2.65. The van der Waals surface area contributed by atoms with Crippen molar-refractivity contribution in [3.05, 3.63) is 101 Å². The molecule has 1 heterocycles. The average Bonchev–Trinajstić information content (AvgIpc) is 3.31. The standard InChI is InChI=1S/C27H22ClN3O3S/c1-2-16-34-24-12-8-20(9-13-24)27-21(19-31(30-27)23-6-4-3-5-7-23)17-26(18-29)35(32,33)25-14-10-22(28)11-15-25/h3-15,17,19H,2,16H2,1H3/b26-17+. The molecule has 0 aliphatic heterocycles. The second-order valence-corrected chi connectivity index (χ2v) is 10.0. The zero-order valence-electron chi connectivity index (χ0n) is 18.9. The minimum absolute atomic E-state index is 0.0101. The number of benzene rings is 3. The second-order valence-electron chi connectivity index (χ2n) is 7.66. The number of nitrogens with zero attached hydrogens (tertiary/aromatic N) is 3. The maximum atomic E-state index is 13.2. The molecular weight excluding hydrogens is 482 g/mol. The first kappa shape index (κ1) is 24.3. The predicted octanol–water partition coefficient (Wildman–Crippen LogP) is 6.32. The molecule has 1 aromatic heterocycles. The van der Waals surface area contributed by atoms with Gasteiger partial charge in [0.15, 0.2) is 0 Å². The molecule has 35 heavy (non-hydrogen) atoms. The van der Waals surface area contributed by atoms with Gasteiger partial charge in [0, 0.05) is 22.3 Å². The first-order valence-corrected chi connectivity index (χ1v) is 12.8. The quantitative estimate of drug-likeness (QED) is 0.263. The van der Waals surface area contributed by atoms with Crippen LogP contribution >= 0.6 is 11.6 Å². The summed E-state index contributed by atoms with van der Waals surface area (Å²) in [5.74, 6) is 0.734. The Labute approximate surface area is 209 Å². The molecule has 0 unspecified atom stereocenters. The first-order valence-electron chi connectivity index (χ1n) is 10.9. The fourth-order valence-electron chi connectivity index (χ4n) is 3.41. The number of ether oxygens (including phenoxy) is 1. The monoisotopic (exact) mass is 503 g/mol. The lowest BCUT2D eigenvalue weighted by molar-refractivity contribution is 0.317. The van der Waals surface area contributed by atoms with Crippen LogP contribution in [0, 0.1) is 11.3 Å². The van der Waals surface area contributed by atoms with Gasteiger partial charge in [-0.2, -0.15) is 10.4 Å². The zero-order chi connectivity index (χ0) is 24.8. The highest BCUT2D eigenvalue weighted by Crippen LogP contribution is 2.30. The van der Waals surface area contributed by atoms with Crippen molar-refractivity contribution in [2.24, 2.45) is 0 Å². The van der Waals surface area contributed by atoms with Crippen molar-refractivity contribution >= 4 is 27.5 Å². The van der Waals surface area contributed by atoms with Crippen LogP contribution < -0.4 is 4.74 Å². The van der Waals surface area contributed by atoms with Crippen molar-refractivity contribution < 1.29 is 13.2 Å². The summed E-state index contributed by atoms with van der Waals surface area (Å²) in [6, 6.07) is 24.4. The number of allylic oxidation sites excluding steroid dienone is 1. The fraction of sp³-hybridized carbons (Fsp3) is 0.111. The highest BCUT2D eigenvalue weighted by atomic mass is 35.5. The van der Waals surface area contributed by atoms with Crippen LogP contribution in [0.4, 0.5) is 0 Å². The van der Waals surface area contributed by atoms with Crippen molar-refractivity contribution in [1.29, 1.82) is 5.26 Å².